The van der Waals surface area contributed by atoms with Crippen molar-refractivity contribution in [1.29, 1.82) is 0 Å². The Kier molecular flexibility index (Phi) is 4.61. The molecule has 0 radical (unpaired) electrons. The maximum absolute atomic E-state index is 13.0. The molecular weight excluding hydrogens is 366 g/mol. The number of carbonyl (C=O) groups is 1. The summed E-state index contributed by atoms with van der Waals surface area (Å²) in [5.74, 6) is -0.0751. The Hall–Kier alpha value is -2.26. The van der Waals surface area contributed by atoms with Gasteiger partial charge in [-0.25, -0.2) is 13.2 Å². The molecule has 7 nitrogen and oxygen atoms in total. The van der Waals surface area contributed by atoms with Gasteiger partial charge in [-0.1, -0.05) is 0 Å². The Morgan fingerprint density at radius 3 is 2.60 bits per heavy atom. The van der Waals surface area contributed by atoms with Gasteiger partial charge in [0.25, 0.3) is 10.0 Å². The fourth-order valence-corrected chi connectivity index (χ4v) is 5.47. The summed E-state index contributed by atoms with van der Waals surface area (Å²) in [7, 11) is -0.840. The van der Waals surface area contributed by atoms with Crippen molar-refractivity contribution in [2.24, 2.45) is 0 Å². The fraction of sp³-hybridized carbons (Fsp3) is 0.312. The van der Waals surface area contributed by atoms with Gasteiger partial charge in [0.1, 0.15) is 16.4 Å². The molecule has 0 amide bonds. The summed E-state index contributed by atoms with van der Waals surface area (Å²) < 4.78 is 38.0. The topological polar surface area (TPSA) is 93.1 Å². The quantitative estimate of drug-likeness (QED) is 0.853. The van der Waals surface area contributed by atoms with Gasteiger partial charge in [0.05, 0.1) is 24.8 Å². The maximum Gasteiger partial charge on any atom is 0.345 e. The summed E-state index contributed by atoms with van der Waals surface area (Å²) >= 11 is 0.890. The second kappa shape index (κ2) is 6.57. The second-order valence-electron chi connectivity index (χ2n) is 5.46. The van der Waals surface area contributed by atoms with Gasteiger partial charge in [0.2, 0.25) is 0 Å². The number of thiophene rings is 1. The lowest BCUT2D eigenvalue weighted by Gasteiger charge is -2.31. The molecule has 1 N–H and O–H groups in total. The van der Waals surface area contributed by atoms with Gasteiger partial charge in [0, 0.05) is 29.6 Å². The molecule has 0 unspecified atom stereocenters. The van der Waals surface area contributed by atoms with Gasteiger partial charge in [-0.2, -0.15) is 0 Å². The lowest BCUT2D eigenvalue weighted by Crippen LogP contribution is -2.35. The normalized spacial score (nSPS) is 14.1. The number of aromatic carboxylic acids is 1. The first-order valence-corrected chi connectivity index (χ1v) is 9.80. The third-order valence-electron chi connectivity index (χ3n) is 4.05. The molecule has 1 aromatic heterocycles. The molecule has 134 valence electrons. The van der Waals surface area contributed by atoms with Gasteiger partial charge in [0.15, 0.2) is 0 Å². The van der Waals surface area contributed by atoms with Crippen LogP contribution in [0.2, 0.25) is 0 Å². The van der Waals surface area contributed by atoms with Crippen LogP contribution >= 0.6 is 11.3 Å². The van der Waals surface area contributed by atoms with Crippen LogP contribution in [0.3, 0.4) is 0 Å². The van der Waals surface area contributed by atoms with Crippen LogP contribution in [0.4, 0.5) is 5.69 Å². The van der Waals surface area contributed by atoms with E-state index in [-0.39, 0.29) is 9.77 Å². The first kappa shape index (κ1) is 17.6. The Morgan fingerprint density at radius 2 is 2.00 bits per heavy atom. The molecule has 0 atom stereocenters. The molecule has 25 heavy (non-hydrogen) atoms. The van der Waals surface area contributed by atoms with Crippen molar-refractivity contribution in [3.63, 3.8) is 0 Å². The minimum Gasteiger partial charge on any atom is -0.497 e. The number of nitrogens with zero attached hydrogens (tertiary/aromatic N) is 1. The van der Waals surface area contributed by atoms with E-state index in [0.29, 0.717) is 36.6 Å². The molecule has 1 aliphatic rings. The van der Waals surface area contributed by atoms with Crippen LogP contribution < -0.4 is 13.8 Å². The summed E-state index contributed by atoms with van der Waals surface area (Å²) in [6, 6.07) is 4.58. The van der Waals surface area contributed by atoms with Crippen LogP contribution in [0.25, 0.3) is 0 Å². The van der Waals surface area contributed by atoms with E-state index in [2.05, 4.69) is 0 Å². The first-order chi connectivity index (χ1) is 11.9. The van der Waals surface area contributed by atoms with Gasteiger partial charge in [-0.3, -0.25) is 4.31 Å². The Morgan fingerprint density at radius 1 is 1.24 bits per heavy atom. The zero-order valence-corrected chi connectivity index (χ0v) is 15.3. The number of hydrogen-bond acceptors (Lipinski definition) is 6. The average Bonchev–Trinajstić information content (AvgIpc) is 3.11. The highest BCUT2D eigenvalue weighted by molar-refractivity contribution is 7.93. The van der Waals surface area contributed by atoms with Crippen molar-refractivity contribution in [3.05, 3.63) is 34.0 Å². The highest BCUT2D eigenvalue weighted by Crippen LogP contribution is 2.40. The van der Waals surface area contributed by atoms with Crippen LogP contribution in [0, 0.1) is 0 Å². The molecule has 2 heterocycles. The van der Waals surface area contributed by atoms with Gasteiger partial charge in [-0.15, -0.1) is 11.3 Å². The minimum atomic E-state index is -3.87. The molecule has 3 rings (SSSR count). The smallest absolute Gasteiger partial charge is 0.345 e. The fourth-order valence-electron chi connectivity index (χ4n) is 2.84. The monoisotopic (exact) mass is 383 g/mol. The van der Waals surface area contributed by atoms with Crippen LogP contribution in [-0.2, 0) is 16.4 Å². The second-order valence-corrected chi connectivity index (χ2v) is 8.23. The third-order valence-corrected chi connectivity index (χ3v) is 6.90. The number of carboxylic acids is 1. The summed E-state index contributed by atoms with van der Waals surface area (Å²) in [5, 5.41) is 10.4. The summed E-state index contributed by atoms with van der Waals surface area (Å²) in [6.45, 7) is 0.309. The molecule has 0 bridgehead atoms. The van der Waals surface area contributed by atoms with Crippen LogP contribution in [-0.4, -0.2) is 40.3 Å². The van der Waals surface area contributed by atoms with E-state index in [1.165, 1.54) is 30.0 Å². The SMILES string of the molecule is COc1cc(OC)c2c(c1)N(S(=O)(=O)c1csc(C(=O)O)c1)CCC2. The van der Waals surface area contributed by atoms with Crippen molar-refractivity contribution in [3.8, 4) is 11.5 Å². The van der Waals surface area contributed by atoms with Crippen molar-refractivity contribution in [2.75, 3.05) is 25.1 Å². The number of ether oxygens (including phenoxy) is 2. The summed E-state index contributed by atoms with van der Waals surface area (Å²) in [5.41, 5.74) is 1.30. The number of carboxylic acid groups (broad SMARTS) is 1. The number of sulfonamides is 1. The molecule has 1 aromatic carbocycles. The highest BCUT2D eigenvalue weighted by atomic mass is 32.2. The average molecular weight is 383 g/mol. The molecule has 0 saturated heterocycles. The van der Waals surface area contributed by atoms with Gasteiger partial charge >= 0.3 is 5.97 Å². The number of anilines is 1. The van der Waals surface area contributed by atoms with E-state index >= 15 is 0 Å². The predicted octanol–water partition coefficient (Wildman–Crippen LogP) is 2.61. The molecular formula is C16H17NO6S2. The Bertz CT molecular complexity index is 919. The van der Waals surface area contributed by atoms with Crippen LogP contribution in [0.15, 0.2) is 28.5 Å². The molecule has 0 aliphatic carbocycles. The maximum atomic E-state index is 13.0. The van der Waals surface area contributed by atoms with Crippen molar-refractivity contribution < 1.29 is 27.8 Å². The van der Waals surface area contributed by atoms with E-state index in [9.17, 15) is 13.2 Å². The lowest BCUT2D eigenvalue weighted by molar-refractivity contribution is 0.0702. The lowest BCUT2D eigenvalue weighted by atomic mass is 10.0. The van der Waals surface area contributed by atoms with Crippen molar-refractivity contribution >= 4 is 33.0 Å². The van der Waals surface area contributed by atoms with Crippen molar-refractivity contribution in [1.82, 2.24) is 0 Å². The molecule has 1 aliphatic heterocycles. The molecule has 0 fully saturated rings. The molecule has 2 aromatic rings. The standard InChI is InChI=1S/C16H17NO6S2/c1-22-10-6-13-12(14(7-10)23-2)4-3-5-17(13)25(20,21)11-8-15(16(18)19)24-9-11/h6-9H,3-5H2,1-2H3,(H,18,19). The number of hydrogen-bond donors (Lipinski definition) is 1. The molecule has 0 saturated carbocycles. The van der Waals surface area contributed by atoms with E-state index in [0.717, 1.165) is 16.9 Å². The van der Waals surface area contributed by atoms with Crippen LogP contribution in [0.1, 0.15) is 21.7 Å². The van der Waals surface area contributed by atoms with Crippen molar-refractivity contribution in [2.45, 2.75) is 17.7 Å². The summed E-state index contributed by atoms with van der Waals surface area (Å²) in [6.07, 6.45) is 1.34. The first-order valence-electron chi connectivity index (χ1n) is 7.48. The van der Waals surface area contributed by atoms with E-state index in [1.807, 2.05) is 0 Å². The Labute approximate surface area is 149 Å². The Balaban J connectivity index is 2.11. The van der Waals surface area contributed by atoms with E-state index < -0.39 is 16.0 Å². The molecule has 9 heteroatoms. The zero-order chi connectivity index (χ0) is 18.2. The molecule has 0 spiro atoms. The number of benzene rings is 1. The van der Waals surface area contributed by atoms with E-state index in [1.54, 1.807) is 12.1 Å². The number of fused-ring (bicyclic) bond motifs is 1. The van der Waals surface area contributed by atoms with E-state index in [4.69, 9.17) is 14.6 Å². The zero-order valence-electron chi connectivity index (χ0n) is 13.7. The number of rotatable bonds is 5. The van der Waals surface area contributed by atoms with Gasteiger partial charge < -0.3 is 14.6 Å². The largest absolute Gasteiger partial charge is 0.497 e. The highest BCUT2D eigenvalue weighted by Gasteiger charge is 2.32. The van der Waals surface area contributed by atoms with Gasteiger partial charge in [-0.05, 0) is 18.9 Å². The third kappa shape index (κ3) is 3.05. The predicted molar refractivity (Wildman–Crippen MR) is 93.7 cm³/mol. The minimum absolute atomic E-state index is 0.0148. The summed E-state index contributed by atoms with van der Waals surface area (Å²) in [4.78, 5) is 11.0. The number of methoxy groups -OCH3 is 2. The van der Waals surface area contributed by atoms with Crippen LogP contribution in [0.5, 0.6) is 11.5 Å².